The highest BCUT2D eigenvalue weighted by Gasteiger charge is 2.11. The van der Waals surface area contributed by atoms with E-state index < -0.39 is 5.97 Å². The van der Waals surface area contributed by atoms with E-state index in [0.29, 0.717) is 5.82 Å². The largest absolute Gasteiger partial charge is 0.481 e. The van der Waals surface area contributed by atoms with Crippen LogP contribution in [0.25, 0.3) is 0 Å². The number of aromatic nitrogens is 1. The Morgan fingerprint density at radius 2 is 2.17 bits per heavy atom. The molecule has 0 saturated heterocycles. The van der Waals surface area contributed by atoms with Gasteiger partial charge in [-0.25, -0.2) is 9.78 Å². The standard InChI is InChI=1S/C11H14BrN3O3/c1-7-8(12)3-4-9(13-7)14-11(18)15(2)6-5-10(16)17/h3-4H,5-6H2,1-2H3,(H,16,17)(H,13,14,18). The maximum Gasteiger partial charge on any atom is 0.322 e. The molecule has 0 saturated carbocycles. The third-order valence-corrected chi connectivity index (χ3v) is 3.10. The summed E-state index contributed by atoms with van der Waals surface area (Å²) < 4.78 is 0.861. The number of carbonyl (C=O) groups excluding carboxylic acids is 1. The van der Waals surface area contributed by atoms with E-state index in [4.69, 9.17) is 5.11 Å². The number of hydrogen-bond acceptors (Lipinski definition) is 3. The number of urea groups is 1. The molecule has 6 nitrogen and oxygen atoms in total. The normalized spacial score (nSPS) is 9.94. The number of carbonyl (C=O) groups is 2. The Kier molecular flexibility index (Phi) is 5.08. The van der Waals surface area contributed by atoms with Gasteiger partial charge in [-0.3, -0.25) is 10.1 Å². The van der Waals surface area contributed by atoms with Crippen molar-refractivity contribution >= 4 is 33.7 Å². The molecule has 1 heterocycles. The number of aliphatic carboxylic acids is 1. The minimum atomic E-state index is -0.938. The summed E-state index contributed by atoms with van der Waals surface area (Å²) in [6, 6.07) is 3.07. The van der Waals surface area contributed by atoms with E-state index in [1.165, 1.54) is 11.9 Å². The van der Waals surface area contributed by atoms with Crippen molar-refractivity contribution in [3.63, 3.8) is 0 Å². The minimum Gasteiger partial charge on any atom is -0.481 e. The van der Waals surface area contributed by atoms with Gasteiger partial charge in [0.05, 0.1) is 12.1 Å². The van der Waals surface area contributed by atoms with E-state index in [2.05, 4.69) is 26.2 Å². The smallest absolute Gasteiger partial charge is 0.322 e. The van der Waals surface area contributed by atoms with Crippen LogP contribution in [0, 0.1) is 6.92 Å². The fourth-order valence-electron chi connectivity index (χ4n) is 1.18. The molecule has 0 aliphatic heterocycles. The van der Waals surface area contributed by atoms with Crippen molar-refractivity contribution in [2.45, 2.75) is 13.3 Å². The van der Waals surface area contributed by atoms with Crippen LogP contribution < -0.4 is 5.32 Å². The first-order valence-electron chi connectivity index (χ1n) is 5.27. The molecule has 0 aromatic carbocycles. The monoisotopic (exact) mass is 315 g/mol. The number of nitrogens with zero attached hydrogens (tertiary/aromatic N) is 2. The van der Waals surface area contributed by atoms with Crippen LogP contribution >= 0.6 is 15.9 Å². The van der Waals surface area contributed by atoms with Crippen LogP contribution in [0.1, 0.15) is 12.1 Å². The van der Waals surface area contributed by atoms with Crippen molar-refractivity contribution in [2.24, 2.45) is 0 Å². The summed E-state index contributed by atoms with van der Waals surface area (Å²) in [5.41, 5.74) is 0.765. The predicted octanol–water partition coefficient (Wildman–Crippen LogP) is 2.09. The molecule has 98 valence electrons. The lowest BCUT2D eigenvalue weighted by molar-refractivity contribution is -0.137. The number of amides is 2. The first-order valence-corrected chi connectivity index (χ1v) is 6.06. The molecule has 1 rings (SSSR count). The Labute approximate surface area is 113 Å². The van der Waals surface area contributed by atoms with Gasteiger partial charge in [-0.2, -0.15) is 0 Å². The highest BCUT2D eigenvalue weighted by Crippen LogP contribution is 2.16. The van der Waals surface area contributed by atoms with Crippen LogP contribution in [0.2, 0.25) is 0 Å². The molecular weight excluding hydrogens is 302 g/mol. The Morgan fingerprint density at radius 3 is 2.72 bits per heavy atom. The Bertz CT molecular complexity index is 465. The Hall–Kier alpha value is -1.63. The fourth-order valence-corrected chi connectivity index (χ4v) is 1.40. The number of pyridine rings is 1. The van der Waals surface area contributed by atoms with Crippen molar-refractivity contribution in [1.82, 2.24) is 9.88 Å². The molecule has 2 amide bonds. The van der Waals surface area contributed by atoms with Crippen LogP contribution in [0.15, 0.2) is 16.6 Å². The van der Waals surface area contributed by atoms with Crippen molar-refractivity contribution in [1.29, 1.82) is 0 Å². The van der Waals surface area contributed by atoms with Gasteiger partial charge in [-0.05, 0) is 35.0 Å². The second-order valence-electron chi connectivity index (χ2n) is 3.76. The third kappa shape index (κ3) is 4.33. The van der Waals surface area contributed by atoms with Gasteiger partial charge >= 0.3 is 12.0 Å². The van der Waals surface area contributed by atoms with E-state index >= 15 is 0 Å². The minimum absolute atomic E-state index is 0.0866. The first kappa shape index (κ1) is 14.4. The van der Waals surface area contributed by atoms with Gasteiger partial charge in [0, 0.05) is 18.1 Å². The predicted molar refractivity (Wildman–Crippen MR) is 70.6 cm³/mol. The van der Waals surface area contributed by atoms with Crippen LogP contribution in [0.5, 0.6) is 0 Å². The van der Waals surface area contributed by atoms with Crippen molar-refractivity contribution in [2.75, 3.05) is 18.9 Å². The van der Waals surface area contributed by atoms with Gasteiger partial charge in [-0.1, -0.05) is 0 Å². The quantitative estimate of drug-likeness (QED) is 0.891. The van der Waals surface area contributed by atoms with Crippen molar-refractivity contribution in [3.05, 3.63) is 22.3 Å². The number of anilines is 1. The van der Waals surface area contributed by atoms with Crippen molar-refractivity contribution in [3.8, 4) is 0 Å². The van der Waals surface area contributed by atoms with Crippen molar-refractivity contribution < 1.29 is 14.7 Å². The maximum absolute atomic E-state index is 11.7. The molecule has 0 atom stereocenters. The van der Waals surface area contributed by atoms with Gasteiger partial charge in [-0.15, -0.1) is 0 Å². The summed E-state index contributed by atoms with van der Waals surface area (Å²) in [5.74, 6) is -0.505. The summed E-state index contributed by atoms with van der Waals surface area (Å²) >= 11 is 3.31. The van der Waals surface area contributed by atoms with Gasteiger partial charge in [0.25, 0.3) is 0 Å². The zero-order valence-electron chi connectivity index (χ0n) is 10.1. The number of nitrogens with one attached hydrogen (secondary N) is 1. The number of carboxylic acids is 1. The second kappa shape index (κ2) is 6.34. The lowest BCUT2D eigenvalue weighted by atomic mass is 10.4. The molecule has 0 aliphatic rings. The summed E-state index contributed by atoms with van der Waals surface area (Å²) in [5, 5.41) is 11.1. The maximum atomic E-state index is 11.7. The van der Waals surface area contributed by atoms with Gasteiger partial charge in [0.2, 0.25) is 0 Å². The summed E-state index contributed by atoms with van der Waals surface area (Å²) in [6.07, 6.45) is -0.0866. The third-order valence-electron chi connectivity index (χ3n) is 2.26. The van der Waals surface area contributed by atoms with E-state index in [1.807, 2.05) is 6.92 Å². The molecule has 2 N–H and O–H groups in total. The number of halogens is 1. The van der Waals surface area contributed by atoms with Gasteiger partial charge in [0.15, 0.2) is 0 Å². The zero-order valence-corrected chi connectivity index (χ0v) is 11.7. The number of hydrogen-bond donors (Lipinski definition) is 2. The van der Waals surface area contributed by atoms with Crippen LogP contribution in [-0.4, -0.2) is 40.6 Å². The van der Waals surface area contributed by atoms with Crippen LogP contribution in [0.4, 0.5) is 10.6 Å². The lowest BCUT2D eigenvalue weighted by Crippen LogP contribution is -2.33. The molecule has 0 unspecified atom stereocenters. The average molecular weight is 316 g/mol. The molecule has 1 aromatic heterocycles. The molecule has 0 spiro atoms. The van der Waals surface area contributed by atoms with Crippen LogP contribution in [0.3, 0.4) is 0 Å². The Morgan fingerprint density at radius 1 is 1.50 bits per heavy atom. The lowest BCUT2D eigenvalue weighted by Gasteiger charge is -2.16. The molecule has 0 bridgehead atoms. The van der Waals surface area contributed by atoms with Crippen LogP contribution in [-0.2, 0) is 4.79 Å². The van der Waals surface area contributed by atoms with E-state index in [9.17, 15) is 9.59 Å². The molecule has 18 heavy (non-hydrogen) atoms. The molecule has 0 fully saturated rings. The molecule has 0 radical (unpaired) electrons. The zero-order chi connectivity index (χ0) is 13.7. The SMILES string of the molecule is Cc1nc(NC(=O)N(C)CCC(=O)O)ccc1Br. The average Bonchev–Trinajstić information content (AvgIpc) is 2.30. The van der Waals surface area contributed by atoms with Gasteiger partial charge < -0.3 is 10.0 Å². The van der Waals surface area contributed by atoms with E-state index in [-0.39, 0.29) is 19.0 Å². The molecule has 0 aliphatic carbocycles. The summed E-state index contributed by atoms with van der Waals surface area (Å²) in [4.78, 5) is 27.5. The molecule has 7 heteroatoms. The number of rotatable bonds is 4. The number of aryl methyl sites for hydroxylation is 1. The fraction of sp³-hybridized carbons (Fsp3) is 0.364. The summed E-state index contributed by atoms with van der Waals surface area (Å²) in [6.45, 7) is 1.96. The number of carboxylic acid groups (broad SMARTS) is 1. The van der Waals surface area contributed by atoms with E-state index in [0.717, 1.165) is 10.2 Å². The topological polar surface area (TPSA) is 82.5 Å². The van der Waals surface area contributed by atoms with Gasteiger partial charge in [0.1, 0.15) is 5.82 Å². The second-order valence-corrected chi connectivity index (χ2v) is 4.61. The highest BCUT2D eigenvalue weighted by molar-refractivity contribution is 9.10. The highest BCUT2D eigenvalue weighted by atomic mass is 79.9. The molecular formula is C11H14BrN3O3. The van der Waals surface area contributed by atoms with E-state index in [1.54, 1.807) is 12.1 Å². The Balaban J connectivity index is 2.58. The molecule has 1 aromatic rings. The summed E-state index contributed by atoms with van der Waals surface area (Å²) in [7, 11) is 1.53. The first-order chi connectivity index (χ1) is 8.40.